The van der Waals surface area contributed by atoms with Gasteiger partial charge in [0.15, 0.2) is 5.58 Å². The molecule has 10 rings (SSSR count). The zero-order valence-corrected chi connectivity index (χ0v) is 23.1. The van der Waals surface area contributed by atoms with Gasteiger partial charge in [-0.1, -0.05) is 72.8 Å². The first-order valence-electron chi connectivity index (χ1n) is 14.1. The van der Waals surface area contributed by atoms with E-state index in [1.54, 1.807) is 11.3 Å². The first-order chi connectivity index (χ1) is 20.8. The van der Waals surface area contributed by atoms with E-state index in [-0.39, 0.29) is 0 Å². The summed E-state index contributed by atoms with van der Waals surface area (Å²) in [6.45, 7) is 0. The summed E-state index contributed by atoms with van der Waals surface area (Å²) in [6, 6.07) is 45.8. The molecule has 42 heavy (non-hydrogen) atoms. The van der Waals surface area contributed by atoms with Gasteiger partial charge in [0.2, 0.25) is 0 Å². The summed E-state index contributed by atoms with van der Waals surface area (Å²) in [5.41, 5.74) is 7.34. The van der Waals surface area contributed by atoms with Crippen molar-refractivity contribution in [3.8, 4) is 11.7 Å². The van der Waals surface area contributed by atoms with Gasteiger partial charge < -0.3 is 8.98 Å². The van der Waals surface area contributed by atoms with E-state index < -0.39 is 0 Å². The quantitative estimate of drug-likeness (QED) is 0.213. The number of rotatable bonds is 2. The van der Waals surface area contributed by atoms with Gasteiger partial charge in [-0.25, -0.2) is 0 Å². The highest BCUT2D eigenvalue weighted by Crippen LogP contribution is 2.42. The number of benzene rings is 6. The number of oxazole rings is 1. The fourth-order valence-corrected chi connectivity index (χ4v) is 7.88. The molecule has 0 bridgehead atoms. The SMILES string of the molecule is c1ccc(-n2c3ccccc3c3cc4c5ccccc5n(-c5nc6ccc7sc8ccccc8c7c6o5)c4cc32)cc1. The average Bonchev–Trinajstić information content (AvgIpc) is 3.79. The van der Waals surface area contributed by atoms with Crippen molar-refractivity contribution in [1.82, 2.24) is 14.1 Å². The van der Waals surface area contributed by atoms with Crippen LogP contribution in [0.1, 0.15) is 0 Å². The molecule has 0 saturated heterocycles. The predicted octanol–water partition coefficient (Wildman–Crippen LogP) is 10.4. The van der Waals surface area contributed by atoms with Gasteiger partial charge in [-0.2, -0.15) is 4.98 Å². The van der Waals surface area contributed by atoms with Crippen LogP contribution in [0.15, 0.2) is 132 Å². The monoisotopic (exact) mass is 555 g/mol. The van der Waals surface area contributed by atoms with E-state index in [2.05, 4.69) is 137 Å². The van der Waals surface area contributed by atoms with Crippen molar-refractivity contribution in [2.24, 2.45) is 0 Å². The molecule has 0 saturated carbocycles. The summed E-state index contributed by atoms with van der Waals surface area (Å²) in [5.74, 6) is 0. The number of fused-ring (bicyclic) bond motifs is 11. The minimum absolute atomic E-state index is 0.584. The Balaban J connectivity index is 1.35. The van der Waals surface area contributed by atoms with Crippen LogP contribution in [0.4, 0.5) is 0 Å². The molecule has 0 atom stereocenters. The Kier molecular flexibility index (Phi) is 4.30. The normalized spacial score (nSPS) is 12.3. The third-order valence-corrected chi connectivity index (χ3v) is 9.69. The van der Waals surface area contributed by atoms with E-state index >= 15 is 0 Å². The fourth-order valence-electron chi connectivity index (χ4n) is 6.77. The highest BCUT2D eigenvalue weighted by Gasteiger charge is 2.21. The number of para-hydroxylation sites is 3. The van der Waals surface area contributed by atoms with E-state index in [0.29, 0.717) is 6.01 Å². The van der Waals surface area contributed by atoms with Crippen LogP contribution in [0.5, 0.6) is 0 Å². The Bertz CT molecular complexity index is 2690. The molecular weight excluding hydrogens is 534 g/mol. The molecule has 0 N–H and O–H groups in total. The molecule has 0 spiro atoms. The van der Waals surface area contributed by atoms with Gasteiger partial charge in [-0.15, -0.1) is 11.3 Å². The van der Waals surface area contributed by atoms with Crippen LogP contribution in [0, 0.1) is 0 Å². The second-order valence-corrected chi connectivity index (χ2v) is 11.9. The molecule has 10 aromatic rings. The van der Waals surface area contributed by atoms with E-state index in [1.165, 1.54) is 41.8 Å². The molecule has 0 radical (unpaired) electrons. The summed E-state index contributed by atoms with van der Waals surface area (Å²) in [7, 11) is 0. The fraction of sp³-hybridized carbons (Fsp3) is 0. The molecule has 4 aromatic heterocycles. The molecule has 0 aliphatic heterocycles. The van der Waals surface area contributed by atoms with Crippen molar-refractivity contribution < 1.29 is 4.42 Å². The molecule has 196 valence electrons. The molecule has 0 fully saturated rings. The largest absolute Gasteiger partial charge is 0.422 e. The van der Waals surface area contributed by atoms with E-state index in [4.69, 9.17) is 9.40 Å². The van der Waals surface area contributed by atoms with Gasteiger partial charge in [0.05, 0.1) is 22.1 Å². The second kappa shape index (κ2) is 8.09. The molecule has 0 aliphatic rings. The van der Waals surface area contributed by atoms with Crippen molar-refractivity contribution in [2.45, 2.75) is 0 Å². The maximum absolute atomic E-state index is 6.75. The lowest BCUT2D eigenvalue weighted by atomic mass is 10.1. The molecular formula is C37H21N3OS. The predicted molar refractivity (Wildman–Crippen MR) is 176 cm³/mol. The first-order valence-corrected chi connectivity index (χ1v) is 14.9. The number of hydrogen-bond acceptors (Lipinski definition) is 3. The van der Waals surface area contributed by atoms with Gasteiger partial charge >= 0.3 is 6.01 Å². The lowest BCUT2D eigenvalue weighted by Crippen LogP contribution is -1.95. The topological polar surface area (TPSA) is 35.9 Å². The van der Waals surface area contributed by atoms with Gasteiger partial charge in [0.25, 0.3) is 0 Å². The third kappa shape index (κ3) is 2.88. The van der Waals surface area contributed by atoms with E-state index in [9.17, 15) is 0 Å². The second-order valence-electron chi connectivity index (χ2n) is 10.8. The smallest absolute Gasteiger partial charge is 0.307 e. The highest BCUT2D eigenvalue weighted by molar-refractivity contribution is 7.26. The summed E-state index contributed by atoms with van der Waals surface area (Å²) in [6.07, 6.45) is 0. The molecule has 4 nitrogen and oxygen atoms in total. The van der Waals surface area contributed by atoms with Crippen LogP contribution in [-0.2, 0) is 0 Å². The molecule has 5 heteroatoms. The van der Waals surface area contributed by atoms with E-state index in [1.807, 2.05) is 0 Å². The Labute approximate surface area is 243 Å². The van der Waals surface area contributed by atoms with Crippen molar-refractivity contribution in [3.63, 3.8) is 0 Å². The minimum Gasteiger partial charge on any atom is -0.422 e. The van der Waals surface area contributed by atoms with Gasteiger partial charge in [-0.05, 0) is 54.6 Å². The Hall–Kier alpha value is -5.39. The Morgan fingerprint density at radius 2 is 1.14 bits per heavy atom. The highest BCUT2D eigenvalue weighted by atomic mass is 32.1. The summed E-state index contributed by atoms with van der Waals surface area (Å²) < 4.78 is 13.8. The maximum Gasteiger partial charge on any atom is 0.307 e. The lowest BCUT2D eigenvalue weighted by Gasteiger charge is -2.08. The Morgan fingerprint density at radius 1 is 0.500 bits per heavy atom. The summed E-state index contributed by atoms with van der Waals surface area (Å²) >= 11 is 1.79. The van der Waals surface area contributed by atoms with Gasteiger partial charge in [-0.3, -0.25) is 4.57 Å². The molecule has 6 aromatic carbocycles. The van der Waals surface area contributed by atoms with Gasteiger partial charge in [0.1, 0.15) is 5.52 Å². The third-order valence-electron chi connectivity index (χ3n) is 8.56. The van der Waals surface area contributed by atoms with Crippen LogP contribution in [-0.4, -0.2) is 14.1 Å². The van der Waals surface area contributed by atoms with Crippen molar-refractivity contribution in [1.29, 1.82) is 0 Å². The van der Waals surface area contributed by atoms with Crippen LogP contribution in [0.25, 0.3) is 86.6 Å². The standard InChI is InChI=1S/C37H21N3OS/c1-2-10-22(11-3-1)39-29-15-7-4-12-23(29)26-20-27-24-13-5-8-16-30(24)40(32(27)21-31(26)39)37-38-28-18-19-34-35(36(28)41-37)25-14-6-9-17-33(25)42-34/h1-21H. The maximum atomic E-state index is 6.75. The summed E-state index contributed by atoms with van der Waals surface area (Å²) in [4.78, 5) is 5.09. The molecule has 0 amide bonds. The van der Waals surface area contributed by atoms with Crippen molar-refractivity contribution >= 4 is 86.2 Å². The van der Waals surface area contributed by atoms with Gasteiger partial charge in [0, 0.05) is 47.4 Å². The van der Waals surface area contributed by atoms with Crippen LogP contribution in [0.2, 0.25) is 0 Å². The van der Waals surface area contributed by atoms with Crippen LogP contribution >= 0.6 is 11.3 Å². The number of aromatic nitrogens is 3. The van der Waals surface area contributed by atoms with Crippen molar-refractivity contribution in [3.05, 3.63) is 127 Å². The lowest BCUT2D eigenvalue weighted by molar-refractivity contribution is 0.577. The molecule has 4 heterocycles. The Morgan fingerprint density at radius 3 is 1.93 bits per heavy atom. The first kappa shape index (κ1) is 22.3. The zero-order chi connectivity index (χ0) is 27.4. The van der Waals surface area contributed by atoms with Crippen LogP contribution < -0.4 is 0 Å². The molecule has 0 unspecified atom stereocenters. The van der Waals surface area contributed by atoms with Crippen LogP contribution in [0.3, 0.4) is 0 Å². The number of nitrogens with zero attached hydrogens (tertiary/aromatic N) is 3. The average molecular weight is 556 g/mol. The van der Waals surface area contributed by atoms with Crippen molar-refractivity contribution in [2.75, 3.05) is 0 Å². The summed E-state index contributed by atoms with van der Waals surface area (Å²) in [5, 5.41) is 7.18. The van der Waals surface area contributed by atoms with E-state index in [0.717, 1.165) is 38.7 Å². The minimum atomic E-state index is 0.584. The zero-order valence-electron chi connectivity index (χ0n) is 22.3. The molecule has 0 aliphatic carbocycles. The number of thiophene rings is 1. The number of hydrogen-bond donors (Lipinski definition) is 0.